The zero-order valence-corrected chi connectivity index (χ0v) is 10.4. The first-order valence-corrected chi connectivity index (χ1v) is 7.16. The third-order valence-electron chi connectivity index (χ3n) is 4.97. The molecule has 2 fully saturated rings. The summed E-state index contributed by atoms with van der Waals surface area (Å²) in [7, 11) is 0. The molecule has 1 aromatic rings. The van der Waals surface area contributed by atoms with Crippen molar-refractivity contribution in [3.05, 3.63) is 24.0 Å². The third kappa shape index (κ3) is 2.28. The summed E-state index contributed by atoms with van der Waals surface area (Å²) in [5.41, 5.74) is 1.00. The number of hydrogen-bond acceptors (Lipinski definition) is 1. The quantitative estimate of drug-likeness (QED) is 0.803. The van der Waals surface area contributed by atoms with Gasteiger partial charge in [0, 0.05) is 11.9 Å². The van der Waals surface area contributed by atoms with Crippen molar-refractivity contribution in [1.29, 1.82) is 0 Å². The van der Waals surface area contributed by atoms with E-state index in [0.717, 1.165) is 17.5 Å². The number of aliphatic hydroxyl groups excluding tert-OH is 1. The van der Waals surface area contributed by atoms with Crippen molar-refractivity contribution in [2.24, 2.45) is 17.8 Å². The van der Waals surface area contributed by atoms with E-state index in [0.29, 0.717) is 5.92 Å². The van der Waals surface area contributed by atoms with Crippen LogP contribution in [0, 0.1) is 17.8 Å². The van der Waals surface area contributed by atoms with Gasteiger partial charge in [-0.25, -0.2) is 0 Å². The molecule has 0 spiro atoms. The van der Waals surface area contributed by atoms with Crippen LogP contribution in [-0.2, 0) is 0 Å². The first-order chi connectivity index (χ1) is 8.34. The Kier molecular flexibility index (Phi) is 3.24. The van der Waals surface area contributed by atoms with Crippen LogP contribution in [-0.4, -0.2) is 10.1 Å². The van der Waals surface area contributed by atoms with E-state index < -0.39 is 0 Å². The fraction of sp³-hybridized carbons (Fsp3) is 0.733. The van der Waals surface area contributed by atoms with Crippen LogP contribution in [0.15, 0.2) is 18.3 Å². The monoisotopic (exact) mass is 233 g/mol. The lowest BCUT2D eigenvalue weighted by molar-refractivity contribution is 0.0329. The molecule has 4 unspecified atom stereocenters. The van der Waals surface area contributed by atoms with Crippen molar-refractivity contribution in [2.75, 3.05) is 0 Å². The van der Waals surface area contributed by atoms with Crippen molar-refractivity contribution in [3.8, 4) is 0 Å². The molecule has 2 aliphatic carbocycles. The molecule has 94 valence electrons. The first kappa shape index (κ1) is 11.3. The Balaban J connectivity index is 1.65. The summed E-state index contributed by atoms with van der Waals surface area (Å²) in [5, 5.41) is 10.4. The van der Waals surface area contributed by atoms with Gasteiger partial charge in [0.25, 0.3) is 0 Å². The van der Waals surface area contributed by atoms with Crippen molar-refractivity contribution in [2.45, 2.75) is 51.0 Å². The lowest BCUT2D eigenvalue weighted by atomic mass is 9.66. The molecule has 2 aliphatic rings. The molecule has 0 amide bonds. The van der Waals surface area contributed by atoms with Crippen LogP contribution in [0.25, 0.3) is 0 Å². The molecule has 0 bridgehead atoms. The molecule has 1 heterocycles. The summed E-state index contributed by atoms with van der Waals surface area (Å²) in [6.07, 6.45) is 11.1. The maximum Gasteiger partial charge on any atom is 0.0965 e. The number of fused-ring (bicyclic) bond motifs is 1. The number of aromatic amines is 1. The van der Waals surface area contributed by atoms with Gasteiger partial charge >= 0.3 is 0 Å². The van der Waals surface area contributed by atoms with E-state index in [2.05, 4.69) is 4.98 Å². The van der Waals surface area contributed by atoms with Gasteiger partial charge < -0.3 is 10.1 Å². The summed E-state index contributed by atoms with van der Waals surface area (Å²) in [6, 6.07) is 3.99. The van der Waals surface area contributed by atoms with Gasteiger partial charge in [0.2, 0.25) is 0 Å². The standard InChI is InChI=1S/C15H23NO/c17-15(14-6-3-9-16-14)13-8-7-11-4-1-2-5-12(11)10-13/h3,6,9,11-13,15-17H,1-2,4-5,7-8,10H2. The molecule has 1 aromatic heterocycles. The molecule has 2 nitrogen and oxygen atoms in total. The lowest BCUT2D eigenvalue weighted by Gasteiger charge is -2.40. The van der Waals surface area contributed by atoms with E-state index in [-0.39, 0.29) is 6.10 Å². The number of aliphatic hydroxyl groups is 1. The summed E-state index contributed by atoms with van der Waals surface area (Å²) in [5.74, 6) is 2.34. The van der Waals surface area contributed by atoms with E-state index in [1.807, 2.05) is 18.3 Å². The lowest BCUT2D eigenvalue weighted by Crippen LogP contribution is -2.30. The highest BCUT2D eigenvalue weighted by molar-refractivity contribution is 5.08. The molecule has 2 heteroatoms. The van der Waals surface area contributed by atoms with E-state index in [1.165, 1.54) is 44.9 Å². The zero-order valence-electron chi connectivity index (χ0n) is 10.4. The van der Waals surface area contributed by atoms with Gasteiger partial charge in [-0.15, -0.1) is 0 Å². The van der Waals surface area contributed by atoms with Crippen LogP contribution in [0.4, 0.5) is 0 Å². The summed E-state index contributed by atoms with van der Waals surface area (Å²) < 4.78 is 0. The van der Waals surface area contributed by atoms with Gasteiger partial charge in [-0.1, -0.05) is 25.7 Å². The second kappa shape index (κ2) is 4.85. The average molecular weight is 233 g/mol. The van der Waals surface area contributed by atoms with Crippen molar-refractivity contribution in [3.63, 3.8) is 0 Å². The number of rotatable bonds is 2. The van der Waals surface area contributed by atoms with Crippen LogP contribution in [0.5, 0.6) is 0 Å². The van der Waals surface area contributed by atoms with Gasteiger partial charge in [0.1, 0.15) is 0 Å². The number of aromatic nitrogens is 1. The van der Waals surface area contributed by atoms with Gasteiger partial charge in [0.05, 0.1) is 6.10 Å². The molecule has 0 radical (unpaired) electrons. The Morgan fingerprint density at radius 1 is 1.12 bits per heavy atom. The molecule has 2 N–H and O–H groups in total. The largest absolute Gasteiger partial charge is 0.387 e. The average Bonchev–Trinajstić information content (AvgIpc) is 2.91. The van der Waals surface area contributed by atoms with Crippen LogP contribution < -0.4 is 0 Å². The summed E-state index contributed by atoms with van der Waals surface area (Å²) in [6.45, 7) is 0. The molecule has 3 rings (SSSR count). The van der Waals surface area contributed by atoms with Gasteiger partial charge in [-0.2, -0.15) is 0 Å². The predicted molar refractivity (Wildman–Crippen MR) is 68.5 cm³/mol. The zero-order chi connectivity index (χ0) is 11.7. The normalized spacial score (nSPS) is 35.2. The topological polar surface area (TPSA) is 36.0 Å². The molecular formula is C15H23NO. The first-order valence-electron chi connectivity index (χ1n) is 7.16. The van der Waals surface area contributed by atoms with Crippen molar-refractivity contribution >= 4 is 0 Å². The minimum atomic E-state index is -0.270. The van der Waals surface area contributed by atoms with E-state index in [1.54, 1.807) is 0 Å². The van der Waals surface area contributed by atoms with Crippen molar-refractivity contribution < 1.29 is 5.11 Å². The summed E-state index contributed by atoms with van der Waals surface area (Å²) >= 11 is 0. The molecule has 0 saturated heterocycles. The predicted octanol–water partition coefficient (Wildman–Crippen LogP) is 3.65. The minimum absolute atomic E-state index is 0.270. The highest BCUT2D eigenvalue weighted by Gasteiger charge is 2.35. The maximum absolute atomic E-state index is 10.4. The highest BCUT2D eigenvalue weighted by Crippen LogP contribution is 2.45. The van der Waals surface area contributed by atoms with Gasteiger partial charge in [-0.3, -0.25) is 0 Å². The number of H-pyrrole nitrogens is 1. The fourth-order valence-corrected chi connectivity index (χ4v) is 3.98. The molecular weight excluding hydrogens is 210 g/mol. The number of hydrogen-bond donors (Lipinski definition) is 2. The smallest absolute Gasteiger partial charge is 0.0965 e. The molecule has 0 aromatic carbocycles. The fourth-order valence-electron chi connectivity index (χ4n) is 3.98. The maximum atomic E-state index is 10.4. The highest BCUT2D eigenvalue weighted by atomic mass is 16.3. The Labute approximate surface area is 103 Å². The third-order valence-corrected chi connectivity index (χ3v) is 4.97. The Morgan fingerprint density at radius 2 is 1.94 bits per heavy atom. The second-order valence-electron chi connectivity index (χ2n) is 5.95. The van der Waals surface area contributed by atoms with Crippen LogP contribution in [0.2, 0.25) is 0 Å². The Hall–Kier alpha value is -0.760. The van der Waals surface area contributed by atoms with Crippen LogP contribution >= 0.6 is 0 Å². The van der Waals surface area contributed by atoms with Crippen molar-refractivity contribution in [1.82, 2.24) is 4.98 Å². The molecule has 2 saturated carbocycles. The second-order valence-corrected chi connectivity index (χ2v) is 5.95. The molecule has 4 atom stereocenters. The van der Waals surface area contributed by atoms with E-state index in [9.17, 15) is 5.11 Å². The Morgan fingerprint density at radius 3 is 2.71 bits per heavy atom. The van der Waals surface area contributed by atoms with Gasteiger partial charge in [-0.05, 0) is 49.1 Å². The minimum Gasteiger partial charge on any atom is -0.387 e. The number of nitrogens with one attached hydrogen (secondary N) is 1. The van der Waals surface area contributed by atoms with E-state index in [4.69, 9.17) is 0 Å². The molecule has 17 heavy (non-hydrogen) atoms. The summed E-state index contributed by atoms with van der Waals surface area (Å²) in [4.78, 5) is 3.16. The Bertz CT molecular complexity index is 346. The van der Waals surface area contributed by atoms with Crippen LogP contribution in [0.3, 0.4) is 0 Å². The van der Waals surface area contributed by atoms with E-state index >= 15 is 0 Å². The molecule has 0 aliphatic heterocycles. The SMILES string of the molecule is OC(c1ccc[nH]1)C1CCC2CCCCC2C1. The van der Waals surface area contributed by atoms with Gasteiger partial charge in [0.15, 0.2) is 0 Å². The van der Waals surface area contributed by atoms with Crippen LogP contribution in [0.1, 0.15) is 56.7 Å².